The van der Waals surface area contributed by atoms with Gasteiger partial charge in [-0.3, -0.25) is 9.48 Å². The van der Waals surface area contributed by atoms with Crippen LogP contribution in [0.25, 0.3) is 10.2 Å². The third-order valence-electron chi connectivity index (χ3n) is 4.04. The van der Waals surface area contributed by atoms with Gasteiger partial charge in [0.2, 0.25) is 0 Å². The first-order chi connectivity index (χ1) is 9.46. The molecule has 0 saturated carbocycles. The minimum atomic E-state index is -0.305. The molecule has 0 aliphatic carbocycles. The number of fused-ring (bicyclic) bond motifs is 1. The van der Waals surface area contributed by atoms with Crippen molar-refractivity contribution in [2.75, 3.05) is 6.54 Å². The van der Waals surface area contributed by atoms with Gasteiger partial charge in [0.25, 0.3) is 5.91 Å². The van der Waals surface area contributed by atoms with E-state index in [1.807, 2.05) is 24.7 Å². The van der Waals surface area contributed by atoms with Crippen LogP contribution in [0.4, 0.5) is 0 Å². The first kappa shape index (κ1) is 17.9. The average Bonchev–Trinajstić information content (AvgIpc) is 2.99. The van der Waals surface area contributed by atoms with Crippen LogP contribution in [0.3, 0.4) is 0 Å². The van der Waals surface area contributed by atoms with E-state index in [4.69, 9.17) is 5.73 Å². The number of hydrogen-bond acceptors (Lipinski definition) is 4. The van der Waals surface area contributed by atoms with Crippen molar-refractivity contribution in [1.29, 1.82) is 0 Å². The highest BCUT2D eigenvalue weighted by Crippen LogP contribution is 2.28. The fourth-order valence-electron chi connectivity index (χ4n) is 2.39. The van der Waals surface area contributed by atoms with Crippen LogP contribution >= 0.6 is 23.7 Å². The Balaban J connectivity index is 0.00000220. The van der Waals surface area contributed by atoms with Gasteiger partial charge in [0.05, 0.1) is 16.1 Å². The maximum absolute atomic E-state index is 12.4. The molecule has 2 aromatic rings. The highest BCUT2D eigenvalue weighted by atomic mass is 35.5. The maximum Gasteiger partial charge on any atom is 0.261 e. The molecule has 7 heteroatoms. The number of hydrogen-bond donors (Lipinski definition) is 2. The Hall–Kier alpha value is -1.11. The van der Waals surface area contributed by atoms with Gasteiger partial charge < -0.3 is 11.1 Å². The first-order valence-corrected chi connectivity index (χ1v) is 7.73. The molecular formula is C14H23ClN4OS. The van der Waals surface area contributed by atoms with Gasteiger partial charge in [-0.05, 0) is 25.8 Å². The monoisotopic (exact) mass is 330 g/mol. The van der Waals surface area contributed by atoms with E-state index in [1.54, 1.807) is 0 Å². The molecule has 2 aromatic heterocycles. The lowest BCUT2D eigenvalue weighted by molar-refractivity contribution is 0.0899. The molecule has 2 heterocycles. The number of thiophene rings is 1. The van der Waals surface area contributed by atoms with E-state index in [1.165, 1.54) is 11.3 Å². The van der Waals surface area contributed by atoms with E-state index in [9.17, 15) is 4.79 Å². The molecule has 0 fully saturated rings. The minimum absolute atomic E-state index is 0. The minimum Gasteiger partial charge on any atom is -0.345 e. The van der Waals surface area contributed by atoms with Gasteiger partial charge in [0.15, 0.2) is 0 Å². The van der Waals surface area contributed by atoms with E-state index < -0.39 is 0 Å². The first-order valence-electron chi connectivity index (χ1n) is 6.92. The topological polar surface area (TPSA) is 72.9 Å². The number of rotatable bonds is 5. The quantitative estimate of drug-likeness (QED) is 0.885. The zero-order valence-electron chi connectivity index (χ0n) is 12.9. The van der Waals surface area contributed by atoms with Crippen molar-refractivity contribution < 1.29 is 4.79 Å². The van der Waals surface area contributed by atoms with Crippen LogP contribution in [-0.4, -0.2) is 27.8 Å². The van der Waals surface area contributed by atoms with Crippen molar-refractivity contribution in [2.24, 2.45) is 12.8 Å². The smallest absolute Gasteiger partial charge is 0.261 e. The van der Waals surface area contributed by atoms with Gasteiger partial charge in [0, 0.05) is 19.0 Å². The molecule has 118 valence electrons. The van der Waals surface area contributed by atoms with Gasteiger partial charge in [-0.1, -0.05) is 13.8 Å². The molecule has 0 atom stereocenters. The lowest BCUT2D eigenvalue weighted by Gasteiger charge is -2.31. The molecule has 0 spiro atoms. The van der Waals surface area contributed by atoms with Crippen molar-refractivity contribution in [1.82, 2.24) is 15.1 Å². The summed E-state index contributed by atoms with van der Waals surface area (Å²) in [6.07, 6.45) is 1.66. The second-order valence-corrected chi connectivity index (χ2v) is 6.21. The highest BCUT2D eigenvalue weighted by molar-refractivity contribution is 7.20. The largest absolute Gasteiger partial charge is 0.345 e. The van der Waals surface area contributed by atoms with Gasteiger partial charge in [-0.2, -0.15) is 5.10 Å². The molecule has 3 N–H and O–H groups in total. The van der Waals surface area contributed by atoms with Crippen LogP contribution in [0.1, 0.15) is 42.1 Å². The lowest BCUT2D eigenvalue weighted by atomic mass is 9.93. The van der Waals surface area contributed by atoms with Gasteiger partial charge >= 0.3 is 0 Å². The molecule has 0 saturated heterocycles. The molecule has 0 aliphatic heterocycles. The maximum atomic E-state index is 12.4. The number of amides is 1. The Morgan fingerprint density at radius 1 is 1.48 bits per heavy atom. The van der Waals surface area contributed by atoms with Crippen molar-refractivity contribution in [3.05, 3.63) is 16.6 Å². The highest BCUT2D eigenvalue weighted by Gasteiger charge is 2.27. The summed E-state index contributed by atoms with van der Waals surface area (Å²) in [7, 11) is 1.90. The number of carbonyl (C=O) groups is 1. The number of halogens is 1. The van der Waals surface area contributed by atoms with Gasteiger partial charge in [-0.15, -0.1) is 23.7 Å². The number of aryl methyl sites for hydroxylation is 2. The fraction of sp³-hybridized carbons (Fsp3) is 0.571. The molecule has 0 bridgehead atoms. The summed E-state index contributed by atoms with van der Waals surface area (Å²) >= 11 is 1.47. The standard InChI is InChI=1S/C14H22N4OS.ClH/c1-5-14(6-2,8-15)16-12(19)11-7-10-9(3)17-18(4)13(10)20-11;/h7H,5-6,8,15H2,1-4H3,(H,16,19);1H. The van der Waals surface area contributed by atoms with Crippen LogP contribution < -0.4 is 11.1 Å². The van der Waals surface area contributed by atoms with Crippen molar-refractivity contribution in [3.8, 4) is 0 Å². The van der Waals surface area contributed by atoms with Crippen molar-refractivity contribution in [3.63, 3.8) is 0 Å². The summed E-state index contributed by atoms with van der Waals surface area (Å²) in [5.74, 6) is -0.0419. The molecule has 0 aromatic carbocycles. The van der Waals surface area contributed by atoms with Crippen LogP contribution in [0.15, 0.2) is 6.07 Å². The van der Waals surface area contributed by atoms with Crippen LogP contribution in [0, 0.1) is 6.92 Å². The van der Waals surface area contributed by atoms with E-state index >= 15 is 0 Å². The van der Waals surface area contributed by atoms with E-state index in [-0.39, 0.29) is 23.9 Å². The van der Waals surface area contributed by atoms with E-state index in [0.29, 0.717) is 6.54 Å². The number of nitrogens with one attached hydrogen (secondary N) is 1. The fourth-order valence-corrected chi connectivity index (χ4v) is 3.40. The SMILES string of the molecule is CCC(CC)(CN)NC(=O)c1cc2c(C)nn(C)c2s1.Cl. The number of carbonyl (C=O) groups excluding carboxylic acids is 1. The van der Waals surface area contributed by atoms with E-state index in [0.717, 1.165) is 33.6 Å². The average molecular weight is 331 g/mol. The van der Waals surface area contributed by atoms with Crippen molar-refractivity contribution >= 4 is 39.9 Å². The lowest BCUT2D eigenvalue weighted by Crippen LogP contribution is -2.52. The molecule has 1 amide bonds. The Kier molecular flexibility index (Phi) is 5.78. The predicted octanol–water partition coefficient (Wildman–Crippen LogP) is 2.61. The summed E-state index contributed by atoms with van der Waals surface area (Å²) in [6, 6.07) is 1.92. The third-order valence-corrected chi connectivity index (χ3v) is 5.24. The second-order valence-electron chi connectivity index (χ2n) is 5.18. The zero-order valence-corrected chi connectivity index (χ0v) is 14.5. The molecule has 0 aliphatic rings. The Morgan fingerprint density at radius 3 is 2.57 bits per heavy atom. The molecule has 21 heavy (non-hydrogen) atoms. The zero-order chi connectivity index (χ0) is 14.9. The number of nitrogens with zero attached hydrogens (tertiary/aromatic N) is 2. The predicted molar refractivity (Wildman–Crippen MR) is 90.4 cm³/mol. The van der Waals surface area contributed by atoms with Gasteiger partial charge in [0.1, 0.15) is 4.83 Å². The Morgan fingerprint density at radius 2 is 2.10 bits per heavy atom. The summed E-state index contributed by atoms with van der Waals surface area (Å²) < 4.78 is 1.82. The second kappa shape index (κ2) is 6.77. The van der Waals surface area contributed by atoms with Crippen LogP contribution in [-0.2, 0) is 7.05 Å². The summed E-state index contributed by atoms with van der Waals surface area (Å²) in [5, 5.41) is 8.50. The molecule has 2 rings (SSSR count). The Bertz CT molecular complexity index is 587. The van der Waals surface area contributed by atoms with Crippen LogP contribution in [0.2, 0.25) is 0 Å². The molecule has 5 nitrogen and oxygen atoms in total. The normalized spacial score (nSPS) is 11.5. The molecule has 0 unspecified atom stereocenters. The molecular weight excluding hydrogens is 308 g/mol. The number of nitrogens with two attached hydrogens (primary N) is 1. The summed E-state index contributed by atoms with van der Waals surface area (Å²) in [6.45, 7) is 6.52. The molecule has 0 radical (unpaired) electrons. The summed E-state index contributed by atoms with van der Waals surface area (Å²) in [4.78, 5) is 14.2. The van der Waals surface area contributed by atoms with E-state index in [2.05, 4.69) is 24.3 Å². The third kappa shape index (κ3) is 3.22. The van der Waals surface area contributed by atoms with Crippen molar-refractivity contribution in [2.45, 2.75) is 39.2 Å². The Labute approximate surface area is 135 Å². The summed E-state index contributed by atoms with van der Waals surface area (Å²) in [5.41, 5.74) is 6.48. The van der Waals surface area contributed by atoms with Crippen LogP contribution in [0.5, 0.6) is 0 Å². The van der Waals surface area contributed by atoms with Gasteiger partial charge in [-0.25, -0.2) is 0 Å². The number of aromatic nitrogens is 2.